The van der Waals surface area contributed by atoms with E-state index in [2.05, 4.69) is 0 Å². The van der Waals surface area contributed by atoms with Gasteiger partial charge in [-0.05, 0) is 36.4 Å². The lowest BCUT2D eigenvalue weighted by Crippen LogP contribution is -2.36. The van der Waals surface area contributed by atoms with Crippen LogP contribution in [0.15, 0.2) is 48.5 Å². The van der Waals surface area contributed by atoms with E-state index in [1.165, 1.54) is 36.3 Å². The van der Waals surface area contributed by atoms with Crippen molar-refractivity contribution in [2.45, 2.75) is 6.42 Å². The van der Waals surface area contributed by atoms with Gasteiger partial charge in [0.1, 0.15) is 5.82 Å². The first kappa shape index (κ1) is 20.7. The molecule has 8 heteroatoms. The van der Waals surface area contributed by atoms with Crippen molar-refractivity contribution in [3.05, 3.63) is 54.3 Å². The second-order valence-electron chi connectivity index (χ2n) is 5.53. The number of esters is 1. The normalized spacial score (nSPS) is 9.89. The van der Waals surface area contributed by atoms with Crippen LogP contribution < -0.4 is 14.4 Å². The number of benzene rings is 2. The maximum absolute atomic E-state index is 13.1. The van der Waals surface area contributed by atoms with Gasteiger partial charge in [0, 0.05) is 12.2 Å². The highest BCUT2D eigenvalue weighted by atomic mass is 19.1. The van der Waals surface area contributed by atoms with Crippen molar-refractivity contribution in [3.63, 3.8) is 0 Å². The summed E-state index contributed by atoms with van der Waals surface area (Å²) >= 11 is 0. The van der Waals surface area contributed by atoms with E-state index in [4.69, 9.17) is 19.5 Å². The van der Waals surface area contributed by atoms with Crippen LogP contribution in [0.3, 0.4) is 0 Å². The highest BCUT2D eigenvalue weighted by molar-refractivity contribution is 5.95. The molecular formula is C20H19FN2O5. The van der Waals surface area contributed by atoms with Crippen molar-refractivity contribution >= 4 is 17.6 Å². The van der Waals surface area contributed by atoms with Crippen LogP contribution in [0, 0.1) is 17.1 Å². The number of halogens is 1. The first-order valence-electron chi connectivity index (χ1n) is 8.39. The van der Waals surface area contributed by atoms with E-state index in [1.807, 2.05) is 6.07 Å². The predicted molar refractivity (Wildman–Crippen MR) is 98.4 cm³/mol. The number of carbonyl (C=O) groups is 2. The van der Waals surface area contributed by atoms with E-state index >= 15 is 0 Å². The van der Waals surface area contributed by atoms with Crippen LogP contribution in [0.1, 0.15) is 6.42 Å². The third-order valence-corrected chi connectivity index (χ3v) is 3.66. The summed E-state index contributed by atoms with van der Waals surface area (Å²) in [4.78, 5) is 25.5. The van der Waals surface area contributed by atoms with Gasteiger partial charge in [-0.3, -0.25) is 4.79 Å². The number of anilines is 1. The minimum atomic E-state index is -0.737. The van der Waals surface area contributed by atoms with Crippen molar-refractivity contribution in [3.8, 4) is 17.6 Å². The average molecular weight is 386 g/mol. The van der Waals surface area contributed by atoms with Gasteiger partial charge in [-0.2, -0.15) is 5.26 Å². The Labute approximate surface area is 161 Å². The van der Waals surface area contributed by atoms with Crippen LogP contribution >= 0.6 is 0 Å². The molecule has 0 atom stereocenters. The highest BCUT2D eigenvalue weighted by Gasteiger charge is 2.18. The van der Waals surface area contributed by atoms with Crippen LogP contribution in [0.5, 0.6) is 11.5 Å². The Hall–Kier alpha value is -3.60. The Morgan fingerprint density at radius 2 is 1.75 bits per heavy atom. The lowest BCUT2D eigenvalue weighted by atomic mass is 10.2. The zero-order chi connectivity index (χ0) is 20.4. The quantitative estimate of drug-likeness (QED) is 0.616. The maximum Gasteiger partial charge on any atom is 0.344 e. The molecule has 0 radical (unpaired) electrons. The Kier molecular flexibility index (Phi) is 7.78. The minimum absolute atomic E-state index is 0.0774. The number of carbonyl (C=O) groups excluding carboxylic acids is 2. The molecule has 2 aromatic rings. The molecule has 0 aliphatic carbocycles. The number of amides is 1. The summed E-state index contributed by atoms with van der Waals surface area (Å²) in [5.74, 6) is -0.886. The molecule has 2 aromatic carbocycles. The molecule has 0 spiro atoms. The predicted octanol–water partition coefficient (Wildman–Crippen LogP) is 2.70. The second-order valence-corrected chi connectivity index (χ2v) is 5.53. The second kappa shape index (κ2) is 10.5. The molecule has 0 N–H and O–H groups in total. The number of hydrogen-bond acceptors (Lipinski definition) is 6. The van der Waals surface area contributed by atoms with Crippen LogP contribution in [0.2, 0.25) is 0 Å². The average Bonchev–Trinajstić information content (AvgIpc) is 2.72. The number of nitriles is 1. The molecule has 0 fully saturated rings. The molecular weight excluding hydrogens is 367 g/mol. The topological polar surface area (TPSA) is 88.9 Å². The number of rotatable bonds is 9. The van der Waals surface area contributed by atoms with Crippen molar-refractivity contribution < 1.29 is 28.2 Å². The van der Waals surface area contributed by atoms with Crippen LogP contribution in [-0.4, -0.2) is 38.7 Å². The van der Waals surface area contributed by atoms with E-state index in [9.17, 15) is 14.0 Å². The fourth-order valence-electron chi connectivity index (χ4n) is 2.32. The smallest absolute Gasteiger partial charge is 0.344 e. The van der Waals surface area contributed by atoms with Gasteiger partial charge in [-0.15, -0.1) is 0 Å². The molecule has 28 heavy (non-hydrogen) atoms. The van der Waals surface area contributed by atoms with E-state index in [1.54, 1.807) is 24.3 Å². The Morgan fingerprint density at radius 1 is 1.07 bits per heavy atom. The van der Waals surface area contributed by atoms with Gasteiger partial charge in [-0.25, -0.2) is 9.18 Å². The summed E-state index contributed by atoms with van der Waals surface area (Å²) in [7, 11) is 1.48. The molecule has 0 aliphatic rings. The van der Waals surface area contributed by atoms with Crippen LogP contribution in [0.25, 0.3) is 0 Å². The number of para-hydroxylation sites is 2. The summed E-state index contributed by atoms with van der Waals surface area (Å²) in [6.45, 7) is -0.838. The first-order chi connectivity index (χ1) is 13.5. The molecule has 0 bridgehead atoms. The van der Waals surface area contributed by atoms with E-state index in [0.717, 1.165) is 0 Å². The Morgan fingerprint density at radius 3 is 2.39 bits per heavy atom. The molecule has 146 valence electrons. The Balaban J connectivity index is 1.91. The number of nitrogens with zero attached hydrogens (tertiary/aromatic N) is 2. The molecule has 0 aromatic heterocycles. The standard InChI is InChI=1S/C20H19FN2O5/c1-26-17-5-2-3-6-18(17)27-14-20(25)28-13-19(24)23(12-4-11-22)16-9-7-15(21)8-10-16/h2-3,5-10H,4,12-14H2,1H3. The van der Waals surface area contributed by atoms with Crippen molar-refractivity contribution in [1.82, 2.24) is 0 Å². The van der Waals surface area contributed by atoms with Gasteiger partial charge in [0.05, 0.1) is 19.6 Å². The van der Waals surface area contributed by atoms with Crippen molar-refractivity contribution in [2.75, 3.05) is 31.8 Å². The summed E-state index contributed by atoms with van der Waals surface area (Å²) in [5, 5.41) is 8.77. The lowest BCUT2D eigenvalue weighted by molar-refractivity contribution is -0.149. The fourth-order valence-corrected chi connectivity index (χ4v) is 2.32. The highest BCUT2D eigenvalue weighted by Crippen LogP contribution is 2.25. The lowest BCUT2D eigenvalue weighted by Gasteiger charge is -2.21. The van der Waals surface area contributed by atoms with Crippen molar-refractivity contribution in [2.24, 2.45) is 0 Å². The minimum Gasteiger partial charge on any atom is -0.493 e. The SMILES string of the molecule is COc1ccccc1OCC(=O)OCC(=O)N(CCC#N)c1ccc(F)cc1. The third kappa shape index (κ3) is 5.99. The van der Waals surface area contributed by atoms with Gasteiger partial charge in [0.25, 0.3) is 5.91 Å². The molecule has 1 amide bonds. The summed E-state index contributed by atoms with van der Waals surface area (Å²) in [6, 6.07) is 14.0. The van der Waals surface area contributed by atoms with E-state index in [0.29, 0.717) is 17.2 Å². The van der Waals surface area contributed by atoms with Crippen molar-refractivity contribution in [1.29, 1.82) is 5.26 Å². The van der Waals surface area contributed by atoms with E-state index in [-0.39, 0.29) is 13.0 Å². The van der Waals surface area contributed by atoms with Crippen LogP contribution in [-0.2, 0) is 14.3 Å². The largest absolute Gasteiger partial charge is 0.493 e. The van der Waals surface area contributed by atoms with Gasteiger partial charge >= 0.3 is 5.97 Å². The summed E-state index contributed by atoms with van der Waals surface area (Å²) in [5.41, 5.74) is 0.406. The maximum atomic E-state index is 13.1. The number of ether oxygens (including phenoxy) is 3. The first-order valence-corrected chi connectivity index (χ1v) is 8.39. The molecule has 0 saturated heterocycles. The Bertz CT molecular complexity index is 848. The van der Waals surface area contributed by atoms with Crippen LogP contribution in [0.4, 0.5) is 10.1 Å². The van der Waals surface area contributed by atoms with Gasteiger partial charge in [0.2, 0.25) is 0 Å². The number of methoxy groups -OCH3 is 1. The molecule has 7 nitrogen and oxygen atoms in total. The van der Waals surface area contributed by atoms with Gasteiger partial charge in [0.15, 0.2) is 24.7 Å². The zero-order valence-electron chi connectivity index (χ0n) is 15.3. The monoisotopic (exact) mass is 386 g/mol. The summed E-state index contributed by atoms with van der Waals surface area (Å²) < 4.78 is 28.5. The summed E-state index contributed by atoms with van der Waals surface area (Å²) in [6.07, 6.45) is 0.0774. The van der Waals surface area contributed by atoms with E-state index < -0.39 is 30.9 Å². The molecule has 0 aliphatic heterocycles. The zero-order valence-corrected chi connectivity index (χ0v) is 15.3. The fraction of sp³-hybridized carbons (Fsp3) is 0.250. The molecule has 2 rings (SSSR count). The van der Waals surface area contributed by atoms with Gasteiger partial charge < -0.3 is 19.1 Å². The molecule has 0 heterocycles. The third-order valence-electron chi connectivity index (χ3n) is 3.66. The number of hydrogen-bond donors (Lipinski definition) is 0. The molecule has 0 unspecified atom stereocenters. The molecule has 0 saturated carbocycles. The van der Waals surface area contributed by atoms with Gasteiger partial charge in [-0.1, -0.05) is 12.1 Å².